The van der Waals surface area contributed by atoms with Gasteiger partial charge in [-0.3, -0.25) is 0 Å². The van der Waals surface area contributed by atoms with Crippen LogP contribution >= 0.6 is 22.9 Å². The molecule has 18 heavy (non-hydrogen) atoms. The van der Waals surface area contributed by atoms with Gasteiger partial charge >= 0.3 is 0 Å². The fourth-order valence-electron chi connectivity index (χ4n) is 2.30. The van der Waals surface area contributed by atoms with Crippen LogP contribution in [0.1, 0.15) is 30.6 Å². The summed E-state index contributed by atoms with van der Waals surface area (Å²) in [6.07, 6.45) is 5.62. The fourth-order valence-corrected chi connectivity index (χ4v) is 3.77. The van der Waals surface area contributed by atoms with Crippen LogP contribution < -0.4 is 5.32 Å². The lowest BCUT2D eigenvalue weighted by Crippen LogP contribution is -2.14. The molecule has 1 fully saturated rings. The summed E-state index contributed by atoms with van der Waals surface area (Å²) in [6.45, 7) is 2.02. The van der Waals surface area contributed by atoms with E-state index in [0.29, 0.717) is 0 Å². The standard InChI is InChI=1S/C15H18ClNS/c16-15-12-5-1-2-6-13(12)18-14(15)10-17-9-3-4-11-7-8-11/h1-2,5-6,11,17H,3-4,7-10H2. The molecule has 96 valence electrons. The van der Waals surface area contributed by atoms with Gasteiger partial charge < -0.3 is 5.32 Å². The Balaban J connectivity index is 1.54. The van der Waals surface area contributed by atoms with Crippen molar-refractivity contribution in [2.75, 3.05) is 6.54 Å². The number of hydrogen-bond donors (Lipinski definition) is 1. The summed E-state index contributed by atoms with van der Waals surface area (Å²) in [5, 5.41) is 5.64. The molecule has 0 unspecified atom stereocenters. The largest absolute Gasteiger partial charge is 0.312 e. The van der Waals surface area contributed by atoms with Gasteiger partial charge in [0.25, 0.3) is 0 Å². The van der Waals surface area contributed by atoms with Crippen molar-refractivity contribution in [2.24, 2.45) is 5.92 Å². The highest BCUT2D eigenvalue weighted by Gasteiger charge is 2.19. The van der Waals surface area contributed by atoms with Crippen LogP contribution in [0.3, 0.4) is 0 Å². The third kappa shape index (κ3) is 2.87. The van der Waals surface area contributed by atoms with Gasteiger partial charge in [-0.2, -0.15) is 0 Å². The predicted molar refractivity (Wildman–Crippen MR) is 80.5 cm³/mol. The van der Waals surface area contributed by atoms with E-state index in [9.17, 15) is 0 Å². The predicted octanol–water partition coefficient (Wildman–Crippen LogP) is 4.83. The molecule has 0 radical (unpaired) electrons. The van der Waals surface area contributed by atoms with Gasteiger partial charge in [0.1, 0.15) is 0 Å². The molecule has 1 nitrogen and oxygen atoms in total. The molecular weight excluding hydrogens is 262 g/mol. The van der Waals surface area contributed by atoms with Crippen LogP contribution in [-0.2, 0) is 6.54 Å². The zero-order valence-corrected chi connectivity index (χ0v) is 12.0. The minimum absolute atomic E-state index is 0.906. The molecule has 0 saturated heterocycles. The maximum atomic E-state index is 6.40. The van der Waals surface area contributed by atoms with Gasteiger partial charge in [0.05, 0.1) is 5.02 Å². The maximum absolute atomic E-state index is 6.40. The molecular formula is C15H18ClNS. The highest BCUT2D eigenvalue weighted by atomic mass is 35.5. The second kappa shape index (κ2) is 5.60. The van der Waals surface area contributed by atoms with E-state index in [-0.39, 0.29) is 0 Å². The van der Waals surface area contributed by atoms with Gasteiger partial charge in [-0.15, -0.1) is 11.3 Å². The Bertz CT molecular complexity index is 530. The topological polar surface area (TPSA) is 12.0 Å². The third-order valence-electron chi connectivity index (χ3n) is 3.55. The van der Waals surface area contributed by atoms with Crippen molar-refractivity contribution < 1.29 is 0 Å². The first-order chi connectivity index (χ1) is 8.84. The van der Waals surface area contributed by atoms with E-state index in [2.05, 4.69) is 23.5 Å². The van der Waals surface area contributed by atoms with Crippen molar-refractivity contribution in [3.05, 3.63) is 34.2 Å². The molecule has 1 aromatic carbocycles. The smallest absolute Gasteiger partial charge is 0.0636 e. The minimum atomic E-state index is 0.906. The van der Waals surface area contributed by atoms with E-state index in [1.807, 2.05) is 6.07 Å². The van der Waals surface area contributed by atoms with E-state index < -0.39 is 0 Å². The van der Waals surface area contributed by atoms with Crippen molar-refractivity contribution in [2.45, 2.75) is 32.2 Å². The lowest BCUT2D eigenvalue weighted by Gasteiger charge is -2.02. The minimum Gasteiger partial charge on any atom is -0.312 e. The highest BCUT2D eigenvalue weighted by Crippen LogP contribution is 2.35. The van der Waals surface area contributed by atoms with Gasteiger partial charge in [-0.1, -0.05) is 42.6 Å². The number of nitrogens with one attached hydrogen (secondary N) is 1. The molecule has 0 bridgehead atoms. The second-order valence-electron chi connectivity index (χ2n) is 5.10. The molecule has 1 N–H and O–H groups in total. The van der Waals surface area contributed by atoms with Crippen LogP contribution in [0.4, 0.5) is 0 Å². The Morgan fingerprint density at radius 1 is 1.28 bits per heavy atom. The lowest BCUT2D eigenvalue weighted by molar-refractivity contribution is 0.596. The number of halogens is 1. The normalized spacial score (nSPS) is 15.4. The van der Waals surface area contributed by atoms with Crippen molar-refractivity contribution in [1.82, 2.24) is 5.32 Å². The monoisotopic (exact) mass is 279 g/mol. The summed E-state index contributed by atoms with van der Waals surface area (Å²) in [5.74, 6) is 1.04. The van der Waals surface area contributed by atoms with E-state index in [0.717, 1.165) is 24.0 Å². The van der Waals surface area contributed by atoms with Gasteiger partial charge in [-0.25, -0.2) is 0 Å². The summed E-state index contributed by atoms with van der Waals surface area (Å²) in [5.41, 5.74) is 0. The van der Waals surface area contributed by atoms with Crippen LogP contribution in [0.25, 0.3) is 10.1 Å². The molecule has 0 amide bonds. The molecule has 2 aromatic rings. The number of thiophene rings is 1. The number of fused-ring (bicyclic) bond motifs is 1. The molecule has 0 atom stereocenters. The number of rotatable bonds is 6. The zero-order valence-electron chi connectivity index (χ0n) is 10.4. The quantitative estimate of drug-likeness (QED) is 0.747. The average Bonchev–Trinajstić information content (AvgIpc) is 3.16. The van der Waals surface area contributed by atoms with E-state index in [4.69, 9.17) is 11.6 Å². The van der Waals surface area contributed by atoms with Crippen molar-refractivity contribution in [1.29, 1.82) is 0 Å². The SMILES string of the molecule is Clc1c(CNCCCC2CC2)sc2ccccc12. The van der Waals surface area contributed by atoms with Crippen LogP contribution in [0.2, 0.25) is 5.02 Å². The van der Waals surface area contributed by atoms with Crippen LogP contribution in [0.5, 0.6) is 0 Å². The van der Waals surface area contributed by atoms with E-state index in [1.54, 1.807) is 11.3 Å². The third-order valence-corrected chi connectivity index (χ3v) is 5.26. The zero-order chi connectivity index (χ0) is 12.4. The van der Waals surface area contributed by atoms with E-state index in [1.165, 1.54) is 40.6 Å². The van der Waals surface area contributed by atoms with Gasteiger partial charge in [0.2, 0.25) is 0 Å². The Hall–Kier alpha value is -0.570. The Morgan fingerprint density at radius 3 is 2.89 bits per heavy atom. The summed E-state index contributed by atoms with van der Waals surface area (Å²) in [7, 11) is 0. The molecule has 0 spiro atoms. The highest BCUT2D eigenvalue weighted by molar-refractivity contribution is 7.19. The summed E-state index contributed by atoms with van der Waals surface area (Å²) < 4.78 is 1.29. The van der Waals surface area contributed by atoms with Crippen molar-refractivity contribution in [3.63, 3.8) is 0 Å². The first-order valence-electron chi connectivity index (χ1n) is 6.71. The number of benzene rings is 1. The maximum Gasteiger partial charge on any atom is 0.0636 e. The molecule has 3 rings (SSSR count). The molecule has 1 aliphatic carbocycles. The van der Waals surface area contributed by atoms with Gasteiger partial charge in [-0.05, 0) is 31.4 Å². The second-order valence-corrected chi connectivity index (χ2v) is 6.61. The molecule has 1 aromatic heterocycles. The summed E-state index contributed by atoms with van der Waals surface area (Å²) in [6, 6.07) is 8.36. The Kier molecular flexibility index (Phi) is 3.88. The van der Waals surface area contributed by atoms with Crippen LogP contribution in [0.15, 0.2) is 24.3 Å². The average molecular weight is 280 g/mol. The van der Waals surface area contributed by atoms with Gasteiger partial charge in [0, 0.05) is 21.5 Å². The molecule has 0 aliphatic heterocycles. The molecule has 1 aliphatic rings. The Morgan fingerprint density at radius 2 is 2.11 bits per heavy atom. The number of hydrogen-bond acceptors (Lipinski definition) is 2. The molecule has 1 heterocycles. The van der Waals surface area contributed by atoms with Crippen LogP contribution in [-0.4, -0.2) is 6.54 Å². The summed E-state index contributed by atoms with van der Waals surface area (Å²) in [4.78, 5) is 1.27. The Labute approximate surface area is 117 Å². The first-order valence-corrected chi connectivity index (χ1v) is 7.90. The van der Waals surface area contributed by atoms with Crippen molar-refractivity contribution >= 4 is 33.0 Å². The van der Waals surface area contributed by atoms with Crippen LogP contribution in [0, 0.1) is 5.92 Å². The molecule has 3 heteroatoms. The fraction of sp³-hybridized carbons (Fsp3) is 0.467. The summed E-state index contributed by atoms with van der Waals surface area (Å²) >= 11 is 8.21. The lowest BCUT2D eigenvalue weighted by atomic mass is 10.2. The van der Waals surface area contributed by atoms with Gasteiger partial charge in [0.15, 0.2) is 0 Å². The molecule has 1 saturated carbocycles. The first kappa shape index (κ1) is 12.5. The van der Waals surface area contributed by atoms with Crippen molar-refractivity contribution in [3.8, 4) is 0 Å². The van der Waals surface area contributed by atoms with E-state index >= 15 is 0 Å².